The molecule has 1 nitrogen and oxygen atoms in total. The molecule has 0 radical (unpaired) electrons. The van der Waals surface area contributed by atoms with Gasteiger partial charge in [-0.2, -0.15) is 0 Å². The van der Waals surface area contributed by atoms with Crippen molar-refractivity contribution in [2.45, 2.75) is 51.7 Å². The summed E-state index contributed by atoms with van der Waals surface area (Å²) in [4.78, 5) is 2.71. The van der Waals surface area contributed by atoms with E-state index in [1.807, 2.05) is 11.3 Å². The molecule has 1 aliphatic heterocycles. The third-order valence-electron chi connectivity index (χ3n) is 3.96. The van der Waals surface area contributed by atoms with E-state index in [0.29, 0.717) is 17.9 Å². The summed E-state index contributed by atoms with van der Waals surface area (Å²) in [6.45, 7) is 8.73. The van der Waals surface area contributed by atoms with E-state index in [2.05, 4.69) is 39.8 Å². The first kappa shape index (κ1) is 13.4. The third kappa shape index (κ3) is 2.54. The van der Waals surface area contributed by atoms with Gasteiger partial charge in [0.25, 0.3) is 0 Å². The lowest BCUT2D eigenvalue weighted by molar-refractivity contribution is 0.0508. The van der Waals surface area contributed by atoms with Crippen molar-refractivity contribution >= 4 is 22.9 Å². The van der Waals surface area contributed by atoms with E-state index in [1.54, 1.807) is 0 Å². The molecule has 2 heterocycles. The summed E-state index contributed by atoms with van der Waals surface area (Å²) in [7, 11) is 0. The molecule has 0 N–H and O–H groups in total. The molecule has 1 fully saturated rings. The van der Waals surface area contributed by atoms with Crippen LogP contribution in [0.4, 0.5) is 0 Å². The van der Waals surface area contributed by atoms with Gasteiger partial charge >= 0.3 is 0 Å². The minimum absolute atomic E-state index is 0.0928. The van der Waals surface area contributed by atoms with Crippen LogP contribution in [0.15, 0.2) is 12.1 Å². The molecule has 0 aliphatic carbocycles. The fourth-order valence-corrected chi connectivity index (χ4v) is 4.35. The summed E-state index contributed by atoms with van der Waals surface area (Å²) in [6, 6.07) is 4.38. The van der Waals surface area contributed by atoms with Crippen molar-refractivity contribution in [3.8, 4) is 0 Å². The molecule has 1 aromatic heterocycles. The minimum Gasteiger partial charge on any atom is -0.375 e. The van der Waals surface area contributed by atoms with Crippen LogP contribution in [0, 0.1) is 11.8 Å². The minimum atomic E-state index is 0.0928. The van der Waals surface area contributed by atoms with Crippen LogP contribution in [0.2, 0.25) is 0 Å². The van der Waals surface area contributed by atoms with Crippen molar-refractivity contribution < 1.29 is 4.74 Å². The first-order valence-corrected chi connectivity index (χ1v) is 7.68. The second-order valence-corrected chi connectivity index (χ2v) is 6.71. The van der Waals surface area contributed by atoms with E-state index in [1.165, 1.54) is 9.75 Å². The Kier molecular flexibility index (Phi) is 4.17. The van der Waals surface area contributed by atoms with Gasteiger partial charge in [0.1, 0.15) is 0 Å². The molecule has 96 valence electrons. The second kappa shape index (κ2) is 5.29. The summed E-state index contributed by atoms with van der Waals surface area (Å²) in [6.07, 6.45) is 1.67. The predicted octanol–water partition coefficient (Wildman–Crippen LogP) is 4.65. The Morgan fingerprint density at radius 2 is 2.00 bits per heavy atom. The highest BCUT2D eigenvalue weighted by Gasteiger charge is 2.41. The molecular weight excluding hydrogens is 252 g/mol. The first-order valence-electron chi connectivity index (χ1n) is 6.42. The maximum absolute atomic E-state index is 6.67. The smallest absolute Gasteiger partial charge is 0.0734 e. The Bertz CT molecular complexity index is 376. The van der Waals surface area contributed by atoms with Gasteiger partial charge in [0.05, 0.1) is 17.6 Å². The average Bonchev–Trinajstić information content (AvgIpc) is 2.85. The first-order chi connectivity index (χ1) is 8.04. The van der Waals surface area contributed by atoms with Crippen LogP contribution in [0.3, 0.4) is 0 Å². The standard InChI is InChI=1S/C14H21ClOS/c1-5-11-6-7-12(17-11)14(15)13-8(2)9(3)16-10(13)4/h6-10,13-14H,5H2,1-4H3. The molecule has 2 rings (SSSR count). The van der Waals surface area contributed by atoms with Crippen molar-refractivity contribution in [1.29, 1.82) is 0 Å². The summed E-state index contributed by atoms with van der Waals surface area (Å²) >= 11 is 8.51. The van der Waals surface area contributed by atoms with Gasteiger partial charge in [0.15, 0.2) is 0 Å². The monoisotopic (exact) mass is 272 g/mol. The van der Waals surface area contributed by atoms with Crippen LogP contribution in [0.25, 0.3) is 0 Å². The molecule has 0 bridgehead atoms. The van der Waals surface area contributed by atoms with Crippen LogP contribution in [0.1, 0.15) is 42.8 Å². The van der Waals surface area contributed by atoms with Crippen molar-refractivity contribution in [3.63, 3.8) is 0 Å². The molecule has 0 amide bonds. The van der Waals surface area contributed by atoms with Gasteiger partial charge < -0.3 is 4.74 Å². The van der Waals surface area contributed by atoms with Crippen molar-refractivity contribution in [3.05, 3.63) is 21.9 Å². The summed E-state index contributed by atoms with van der Waals surface area (Å²) in [5, 5.41) is 0.0928. The zero-order valence-electron chi connectivity index (χ0n) is 10.9. The van der Waals surface area contributed by atoms with Crippen LogP contribution >= 0.6 is 22.9 Å². The van der Waals surface area contributed by atoms with E-state index >= 15 is 0 Å². The summed E-state index contributed by atoms with van der Waals surface area (Å²) < 4.78 is 5.88. The lowest BCUT2D eigenvalue weighted by Crippen LogP contribution is -2.21. The molecular formula is C14H21ClOS. The lowest BCUT2D eigenvalue weighted by Gasteiger charge is -2.23. The van der Waals surface area contributed by atoms with Gasteiger partial charge in [-0.05, 0) is 38.3 Å². The number of hydrogen-bond donors (Lipinski definition) is 0. The van der Waals surface area contributed by atoms with E-state index in [9.17, 15) is 0 Å². The van der Waals surface area contributed by atoms with Gasteiger partial charge in [-0.1, -0.05) is 13.8 Å². The Hall–Kier alpha value is -0.0500. The van der Waals surface area contributed by atoms with Crippen LogP contribution in [-0.4, -0.2) is 12.2 Å². The van der Waals surface area contributed by atoms with Crippen LogP contribution < -0.4 is 0 Å². The fraction of sp³-hybridized carbons (Fsp3) is 0.714. The second-order valence-electron chi connectivity index (χ2n) is 5.04. The van der Waals surface area contributed by atoms with Gasteiger partial charge in [0, 0.05) is 15.7 Å². The van der Waals surface area contributed by atoms with Gasteiger partial charge in [-0.3, -0.25) is 0 Å². The number of thiophene rings is 1. The van der Waals surface area contributed by atoms with E-state index in [4.69, 9.17) is 16.3 Å². The molecule has 17 heavy (non-hydrogen) atoms. The van der Waals surface area contributed by atoms with Gasteiger partial charge in [-0.15, -0.1) is 22.9 Å². The molecule has 0 saturated carbocycles. The number of aryl methyl sites for hydroxylation is 1. The number of halogens is 1. The van der Waals surface area contributed by atoms with E-state index in [-0.39, 0.29) is 11.5 Å². The van der Waals surface area contributed by atoms with E-state index < -0.39 is 0 Å². The maximum atomic E-state index is 6.67. The normalized spacial score (nSPS) is 35.1. The molecule has 3 heteroatoms. The van der Waals surface area contributed by atoms with Crippen LogP contribution in [0.5, 0.6) is 0 Å². The highest BCUT2D eigenvalue weighted by Crippen LogP contribution is 2.45. The zero-order valence-corrected chi connectivity index (χ0v) is 12.5. The summed E-state index contributed by atoms with van der Waals surface area (Å²) in [5.74, 6) is 0.953. The molecule has 0 spiro atoms. The largest absolute Gasteiger partial charge is 0.375 e. The Morgan fingerprint density at radius 1 is 1.29 bits per heavy atom. The average molecular weight is 273 g/mol. The molecule has 5 atom stereocenters. The molecule has 5 unspecified atom stereocenters. The number of ether oxygens (including phenoxy) is 1. The third-order valence-corrected chi connectivity index (χ3v) is 5.93. The van der Waals surface area contributed by atoms with Crippen LogP contribution in [-0.2, 0) is 11.2 Å². The SMILES string of the molecule is CCc1ccc(C(Cl)C2C(C)OC(C)C2C)s1. The molecule has 0 aromatic carbocycles. The van der Waals surface area contributed by atoms with E-state index in [0.717, 1.165) is 6.42 Å². The fourth-order valence-electron chi connectivity index (χ4n) is 2.72. The van der Waals surface area contributed by atoms with Crippen molar-refractivity contribution in [2.24, 2.45) is 11.8 Å². The van der Waals surface area contributed by atoms with Crippen molar-refractivity contribution in [1.82, 2.24) is 0 Å². The highest BCUT2D eigenvalue weighted by molar-refractivity contribution is 7.12. The van der Waals surface area contributed by atoms with Gasteiger partial charge in [-0.25, -0.2) is 0 Å². The number of hydrogen-bond acceptors (Lipinski definition) is 2. The molecule has 1 aromatic rings. The lowest BCUT2D eigenvalue weighted by atomic mass is 9.86. The quantitative estimate of drug-likeness (QED) is 0.728. The Morgan fingerprint density at radius 3 is 2.47 bits per heavy atom. The number of alkyl halides is 1. The Labute approximate surface area is 113 Å². The van der Waals surface area contributed by atoms with Gasteiger partial charge in [0.2, 0.25) is 0 Å². The topological polar surface area (TPSA) is 9.23 Å². The summed E-state index contributed by atoms with van der Waals surface area (Å²) in [5.41, 5.74) is 0. The zero-order chi connectivity index (χ0) is 12.6. The predicted molar refractivity (Wildman–Crippen MR) is 75.0 cm³/mol. The molecule has 1 aliphatic rings. The van der Waals surface area contributed by atoms with Crippen molar-refractivity contribution in [2.75, 3.05) is 0 Å². The highest BCUT2D eigenvalue weighted by atomic mass is 35.5. The number of rotatable bonds is 3. The maximum Gasteiger partial charge on any atom is 0.0734 e. The Balaban J connectivity index is 2.16. The molecule has 1 saturated heterocycles.